The van der Waals surface area contributed by atoms with Gasteiger partial charge in [0.1, 0.15) is 24.2 Å². The highest BCUT2D eigenvalue weighted by Crippen LogP contribution is 2.29. The lowest BCUT2D eigenvalue weighted by Gasteiger charge is -2.22. The number of benzene rings is 2. The van der Waals surface area contributed by atoms with E-state index in [0.29, 0.717) is 19.1 Å². The van der Waals surface area contributed by atoms with Crippen LogP contribution in [0, 0.1) is 0 Å². The topological polar surface area (TPSA) is 39.7 Å². The van der Waals surface area contributed by atoms with E-state index in [1.54, 1.807) is 7.11 Å². The number of ether oxygens (including phenoxy) is 3. The van der Waals surface area contributed by atoms with E-state index < -0.39 is 0 Å². The van der Waals surface area contributed by atoms with E-state index in [1.807, 2.05) is 30.3 Å². The Morgan fingerprint density at radius 1 is 0.926 bits per heavy atom. The fourth-order valence-corrected chi connectivity index (χ4v) is 2.81. The maximum atomic E-state index is 6.33. The SMILES string of the molecule is CCC(CNc1ccc(OCCOC)cc1)Oc1ccccc1C(C)CC. The molecule has 0 bridgehead atoms. The van der Waals surface area contributed by atoms with Crippen molar-refractivity contribution in [1.82, 2.24) is 0 Å². The average molecular weight is 372 g/mol. The van der Waals surface area contributed by atoms with Crippen molar-refractivity contribution in [2.75, 3.05) is 32.2 Å². The molecule has 0 saturated carbocycles. The standard InChI is InChI=1S/C23H33NO3/c1-5-18(3)22-9-7-8-10-23(22)27-20(6-2)17-24-19-11-13-21(14-12-19)26-16-15-25-4/h7-14,18,20,24H,5-6,15-17H2,1-4H3. The van der Waals surface area contributed by atoms with Crippen molar-refractivity contribution in [3.8, 4) is 11.5 Å². The third-order valence-corrected chi connectivity index (χ3v) is 4.76. The predicted molar refractivity (Wildman–Crippen MR) is 112 cm³/mol. The van der Waals surface area contributed by atoms with Gasteiger partial charge in [0.2, 0.25) is 0 Å². The molecule has 0 aliphatic heterocycles. The van der Waals surface area contributed by atoms with E-state index in [9.17, 15) is 0 Å². The summed E-state index contributed by atoms with van der Waals surface area (Å²) < 4.78 is 16.9. The summed E-state index contributed by atoms with van der Waals surface area (Å²) in [6.07, 6.45) is 2.17. The van der Waals surface area contributed by atoms with Gasteiger partial charge in [-0.1, -0.05) is 39.0 Å². The molecule has 148 valence electrons. The summed E-state index contributed by atoms with van der Waals surface area (Å²) in [6, 6.07) is 16.4. The number of nitrogens with one attached hydrogen (secondary N) is 1. The van der Waals surface area contributed by atoms with Gasteiger partial charge in [-0.15, -0.1) is 0 Å². The molecular formula is C23H33NO3. The van der Waals surface area contributed by atoms with Crippen molar-refractivity contribution in [1.29, 1.82) is 0 Å². The van der Waals surface area contributed by atoms with Gasteiger partial charge in [0, 0.05) is 12.8 Å². The Hall–Kier alpha value is -2.20. The second kappa shape index (κ2) is 11.5. The molecule has 0 aromatic heterocycles. The second-order valence-corrected chi connectivity index (χ2v) is 6.74. The van der Waals surface area contributed by atoms with Crippen LogP contribution in [-0.2, 0) is 4.74 Å². The third kappa shape index (κ3) is 6.79. The normalized spacial score (nSPS) is 13.0. The lowest BCUT2D eigenvalue weighted by atomic mass is 9.98. The van der Waals surface area contributed by atoms with Gasteiger partial charge in [0.15, 0.2) is 0 Å². The Bertz CT molecular complexity index is 657. The summed E-state index contributed by atoms with van der Waals surface area (Å²) in [5.41, 5.74) is 2.35. The van der Waals surface area contributed by atoms with Gasteiger partial charge in [-0.3, -0.25) is 0 Å². The molecule has 2 aromatic rings. The molecule has 0 heterocycles. The molecule has 0 amide bonds. The minimum atomic E-state index is 0.118. The highest BCUT2D eigenvalue weighted by Gasteiger charge is 2.14. The number of hydrogen-bond donors (Lipinski definition) is 1. The Kier molecular flexibility index (Phi) is 8.99. The smallest absolute Gasteiger partial charge is 0.123 e. The molecule has 0 aliphatic rings. The van der Waals surface area contributed by atoms with Crippen LogP contribution >= 0.6 is 0 Å². The van der Waals surface area contributed by atoms with E-state index in [0.717, 1.165) is 36.6 Å². The maximum Gasteiger partial charge on any atom is 0.123 e. The van der Waals surface area contributed by atoms with Crippen LogP contribution < -0.4 is 14.8 Å². The predicted octanol–water partition coefficient (Wildman–Crippen LogP) is 5.49. The number of para-hydroxylation sites is 1. The molecule has 0 fully saturated rings. The van der Waals surface area contributed by atoms with E-state index in [2.05, 4.69) is 44.3 Å². The first kappa shape index (κ1) is 21.1. The lowest BCUT2D eigenvalue weighted by Crippen LogP contribution is -2.26. The molecule has 2 rings (SSSR count). The summed E-state index contributed by atoms with van der Waals surface area (Å²) in [5, 5.41) is 3.47. The van der Waals surface area contributed by atoms with Gasteiger partial charge in [-0.25, -0.2) is 0 Å². The molecule has 2 atom stereocenters. The van der Waals surface area contributed by atoms with Gasteiger partial charge < -0.3 is 19.5 Å². The van der Waals surface area contributed by atoms with Gasteiger partial charge in [-0.2, -0.15) is 0 Å². The highest BCUT2D eigenvalue weighted by atomic mass is 16.5. The highest BCUT2D eigenvalue weighted by molar-refractivity contribution is 5.46. The van der Waals surface area contributed by atoms with Crippen LogP contribution in [0.1, 0.15) is 45.1 Å². The summed E-state index contributed by atoms with van der Waals surface area (Å²) in [4.78, 5) is 0. The molecule has 2 aromatic carbocycles. The first-order valence-corrected chi connectivity index (χ1v) is 9.89. The monoisotopic (exact) mass is 371 g/mol. The molecule has 0 aliphatic carbocycles. The molecule has 4 heteroatoms. The number of anilines is 1. The van der Waals surface area contributed by atoms with Crippen LogP contribution in [0.3, 0.4) is 0 Å². The van der Waals surface area contributed by atoms with E-state index in [-0.39, 0.29) is 6.10 Å². The number of hydrogen-bond acceptors (Lipinski definition) is 4. The van der Waals surface area contributed by atoms with Crippen LogP contribution in [0.5, 0.6) is 11.5 Å². The van der Waals surface area contributed by atoms with Crippen molar-refractivity contribution in [3.63, 3.8) is 0 Å². The summed E-state index contributed by atoms with van der Waals surface area (Å²) in [6.45, 7) is 8.53. The van der Waals surface area contributed by atoms with Crippen molar-refractivity contribution in [3.05, 3.63) is 54.1 Å². The van der Waals surface area contributed by atoms with Crippen LogP contribution in [0.15, 0.2) is 48.5 Å². The Morgan fingerprint density at radius 2 is 1.67 bits per heavy atom. The molecule has 2 unspecified atom stereocenters. The molecule has 27 heavy (non-hydrogen) atoms. The van der Waals surface area contributed by atoms with Gasteiger partial charge in [0.05, 0.1) is 13.2 Å². The molecule has 0 radical (unpaired) electrons. The van der Waals surface area contributed by atoms with E-state index >= 15 is 0 Å². The molecule has 1 N–H and O–H groups in total. The Labute approximate surface area is 163 Å². The van der Waals surface area contributed by atoms with Crippen LogP contribution in [0.2, 0.25) is 0 Å². The zero-order valence-corrected chi connectivity index (χ0v) is 17.0. The zero-order valence-electron chi connectivity index (χ0n) is 17.0. The second-order valence-electron chi connectivity index (χ2n) is 6.74. The Balaban J connectivity index is 1.90. The first-order chi connectivity index (χ1) is 13.2. The lowest BCUT2D eigenvalue weighted by molar-refractivity contribution is 0.146. The average Bonchev–Trinajstić information content (AvgIpc) is 2.72. The zero-order chi connectivity index (χ0) is 19.5. The van der Waals surface area contributed by atoms with Crippen molar-refractivity contribution >= 4 is 5.69 Å². The molecular weight excluding hydrogens is 338 g/mol. The first-order valence-electron chi connectivity index (χ1n) is 9.89. The van der Waals surface area contributed by atoms with Crippen LogP contribution in [-0.4, -0.2) is 33.0 Å². The fraction of sp³-hybridized carbons (Fsp3) is 0.478. The maximum absolute atomic E-state index is 6.33. The number of rotatable bonds is 12. The van der Waals surface area contributed by atoms with Gasteiger partial charge in [0.25, 0.3) is 0 Å². The third-order valence-electron chi connectivity index (χ3n) is 4.76. The quantitative estimate of drug-likeness (QED) is 0.501. The fourth-order valence-electron chi connectivity index (χ4n) is 2.81. The molecule has 4 nitrogen and oxygen atoms in total. The van der Waals surface area contributed by atoms with Gasteiger partial charge >= 0.3 is 0 Å². The summed E-state index contributed by atoms with van der Waals surface area (Å²) in [7, 11) is 1.67. The minimum absolute atomic E-state index is 0.118. The molecule has 0 spiro atoms. The van der Waals surface area contributed by atoms with Gasteiger partial charge in [-0.05, 0) is 54.7 Å². The minimum Gasteiger partial charge on any atom is -0.491 e. The van der Waals surface area contributed by atoms with Crippen molar-refractivity contribution in [2.45, 2.75) is 45.6 Å². The summed E-state index contributed by atoms with van der Waals surface area (Å²) >= 11 is 0. The van der Waals surface area contributed by atoms with Crippen LogP contribution in [0.25, 0.3) is 0 Å². The van der Waals surface area contributed by atoms with E-state index in [4.69, 9.17) is 14.2 Å². The van der Waals surface area contributed by atoms with Crippen molar-refractivity contribution in [2.24, 2.45) is 0 Å². The van der Waals surface area contributed by atoms with E-state index in [1.165, 1.54) is 5.56 Å². The van der Waals surface area contributed by atoms with Crippen molar-refractivity contribution < 1.29 is 14.2 Å². The Morgan fingerprint density at radius 3 is 2.33 bits per heavy atom. The largest absolute Gasteiger partial charge is 0.491 e. The van der Waals surface area contributed by atoms with Crippen LogP contribution in [0.4, 0.5) is 5.69 Å². The molecule has 0 saturated heterocycles. The summed E-state index contributed by atoms with van der Waals surface area (Å²) in [5.74, 6) is 2.35. The number of methoxy groups -OCH3 is 1.